The molecule has 4 N–H and O–H groups in total. The van der Waals surface area contributed by atoms with Crippen LogP contribution in [-0.4, -0.2) is 63.5 Å². The third kappa shape index (κ3) is 3.81. The summed E-state index contributed by atoms with van der Waals surface area (Å²) in [6.07, 6.45) is -4.36. The Kier molecular flexibility index (Phi) is 5.43. The van der Waals surface area contributed by atoms with Crippen LogP contribution in [0.15, 0.2) is 36.4 Å². The number of benzene rings is 2. The van der Waals surface area contributed by atoms with Gasteiger partial charge in [-0.25, -0.2) is 4.79 Å². The number of carbonyl (C=O) groups is 1. The minimum Gasteiger partial charge on any atom is -0.493 e. The van der Waals surface area contributed by atoms with Gasteiger partial charge < -0.3 is 29.9 Å². The first-order valence-electron chi connectivity index (χ1n) is 8.46. The summed E-state index contributed by atoms with van der Waals surface area (Å²) in [6, 6.07) is 10.2. The van der Waals surface area contributed by atoms with Crippen molar-refractivity contribution in [2.24, 2.45) is 0 Å². The number of aliphatic hydroxyl groups excluding tert-OH is 3. The van der Waals surface area contributed by atoms with Crippen LogP contribution in [0.25, 0.3) is 10.8 Å². The van der Waals surface area contributed by atoms with E-state index in [1.54, 1.807) is 37.3 Å². The van der Waals surface area contributed by atoms with Crippen LogP contribution in [0.2, 0.25) is 0 Å². The fraction of sp³-hybridized carbons (Fsp3) is 0.421. The van der Waals surface area contributed by atoms with Crippen molar-refractivity contribution in [2.75, 3.05) is 6.61 Å². The van der Waals surface area contributed by atoms with E-state index in [1.807, 2.05) is 0 Å². The van der Waals surface area contributed by atoms with E-state index in [-0.39, 0.29) is 12.2 Å². The molecule has 0 saturated carbocycles. The van der Waals surface area contributed by atoms with Gasteiger partial charge in [0.15, 0.2) is 0 Å². The standard InChI is InChI=1S/C19H22O7/c1-10-16(20)18(22)17(21)15(26-10)6-7-25-14-5-4-11-8-13(19(23)24)3-2-12(11)9-14/h2-5,8-10,15-18,20-22H,6-7H2,1H3,(H,23,24). The van der Waals surface area contributed by atoms with E-state index in [9.17, 15) is 20.1 Å². The summed E-state index contributed by atoms with van der Waals surface area (Å²) in [6.45, 7) is 1.90. The molecule has 26 heavy (non-hydrogen) atoms. The van der Waals surface area contributed by atoms with Crippen LogP contribution in [-0.2, 0) is 4.74 Å². The zero-order chi connectivity index (χ0) is 18.8. The van der Waals surface area contributed by atoms with Crippen LogP contribution in [0, 0.1) is 0 Å². The number of aliphatic hydroxyl groups is 3. The first kappa shape index (κ1) is 18.6. The van der Waals surface area contributed by atoms with Crippen LogP contribution < -0.4 is 4.74 Å². The zero-order valence-electron chi connectivity index (χ0n) is 14.3. The first-order chi connectivity index (χ1) is 12.4. The van der Waals surface area contributed by atoms with Crippen LogP contribution >= 0.6 is 0 Å². The van der Waals surface area contributed by atoms with Gasteiger partial charge in [-0.3, -0.25) is 0 Å². The van der Waals surface area contributed by atoms with E-state index in [2.05, 4.69) is 0 Å². The van der Waals surface area contributed by atoms with E-state index >= 15 is 0 Å². The van der Waals surface area contributed by atoms with Crippen LogP contribution in [0.4, 0.5) is 0 Å². The van der Waals surface area contributed by atoms with E-state index < -0.39 is 36.5 Å². The molecule has 7 nitrogen and oxygen atoms in total. The summed E-state index contributed by atoms with van der Waals surface area (Å²) in [5.74, 6) is -0.362. The largest absolute Gasteiger partial charge is 0.493 e. The molecule has 1 aliphatic heterocycles. The summed E-state index contributed by atoms with van der Waals surface area (Å²) in [7, 11) is 0. The van der Waals surface area contributed by atoms with Gasteiger partial charge in [-0.15, -0.1) is 0 Å². The third-order valence-electron chi connectivity index (χ3n) is 4.68. The molecule has 0 spiro atoms. The SMILES string of the molecule is CC1OC(CCOc2ccc3cc(C(=O)O)ccc3c2)C(O)C(O)C1O. The maximum atomic E-state index is 11.0. The van der Waals surface area contributed by atoms with Crippen molar-refractivity contribution in [3.8, 4) is 5.75 Å². The second-order valence-electron chi connectivity index (χ2n) is 6.52. The van der Waals surface area contributed by atoms with Crippen molar-refractivity contribution in [1.29, 1.82) is 0 Å². The van der Waals surface area contributed by atoms with Gasteiger partial charge >= 0.3 is 5.97 Å². The van der Waals surface area contributed by atoms with Gasteiger partial charge in [0.25, 0.3) is 0 Å². The van der Waals surface area contributed by atoms with Crippen molar-refractivity contribution in [3.63, 3.8) is 0 Å². The average Bonchev–Trinajstić information content (AvgIpc) is 2.63. The number of hydrogen-bond donors (Lipinski definition) is 4. The van der Waals surface area contributed by atoms with Crippen LogP contribution in [0.1, 0.15) is 23.7 Å². The minimum atomic E-state index is -1.24. The Morgan fingerprint density at radius 2 is 1.73 bits per heavy atom. The van der Waals surface area contributed by atoms with Crippen molar-refractivity contribution < 1.29 is 34.7 Å². The van der Waals surface area contributed by atoms with Crippen molar-refractivity contribution >= 4 is 16.7 Å². The number of ether oxygens (including phenoxy) is 2. The molecule has 2 aromatic carbocycles. The maximum absolute atomic E-state index is 11.0. The molecule has 0 aliphatic carbocycles. The van der Waals surface area contributed by atoms with Gasteiger partial charge in [-0.2, -0.15) is 0 Å². The fourth-order valence-electron chi connectivity index (χ4n) is 3.11. The molecule has 0 radical (unpaired) electrons. The normalized spacial score (nSPS) is 28.8. The highest BCUT2D eigenvalue weighted by atomic mass is 16.5. The molecule has 1 fully saturated rings. The van der Waals surface area contributed by atoms with E-state index in [1.165, 1.54) is 6.07 Å². The summed E-state index contributed by atoms with van der Waals surface area (Å²) >= 11 is 0. The highest BCUT2D eigenvalue weighted by Gasteiger charge is 2.41. The quantitative estimate of drug-likeness (QED) is 0.631. The van der Waals surface area contributed by atoms with Gasteiger partial charge in [0, 0.05) is 6.42 Å². The fourth-order valence-corrected chi connectivity index (χ4v) is 3.11. The number of fused-ring (bicyclic) bond motifs is 1. The lowest BCUT2D eigenvalue weighted by molar-refractivity contribution is -0.219. The van der Waals surface area contributed by atoms with Crippen LogP contribution in [0.5, 0.6) is 5.75 Å². The number of carboxylic acids is 1. The lowest BCUT2D eigenvalue weighted by atomic mass is 9.94. The molecule has 1 aliphatic rings. The van der Waals surface area contributed by atoms with Gasteiger partial charge in [0.2, 0.25) is 0 Å². The number of rotatable bonds is 5. The second kappa shape index (κ2) is 7.59. The minimum absolute atomic E-state index is 0.226. The molecule has 1 saturated heterocycles. The molecule has 7 heteroatoms. The van der Waals surface area contributed by atoms with Crippen molar-refractivity contribution in [2.45, 2.75) is 43.9 Å². The van der Waals surface area contributed by atoms with Crippen LogP contribution in [0.3, 0.4) is 0 Å². The Hall–Kier alpha value is -2.19. The number of aromatic carboxylic acids is 1. The third-order valence-corrected chi connectivity index (χ3v) is 4.68. The molecular weight excluding hydrogens is 340 g/mol. The summed E-state index contributed by atoms with van der Waals surface area (Å²) in [4.78, 5) is 11.0. The Balaban J connectivity index is 1.61. The zero-order valence-corrected chi connectivity index (χ0v) is 14.3. The average molecular weight is 362 g/mol. The lowest BCUT2D eigenvalue weighted by Crippen LogP contribution is -2.56. The molecule has 5 unspecified atom stereocenters. The van der Waals surface area contributed by atoms with Gasteiger partial charge in [0.1, 0.15) is 24.1 Å². The predicted octanol–water partition coefficient (Wildman–Crippen LogP) is 1.18. The van der Waals surface area contributed by atoms with E-state index in [0.29, 0.717) is 12.2 Å². The second-order valence-corrected chi connectivity index (χ2v) is 6.52. The van der Waals surface area contributed by atoms with Gasteiger partial charge in [-0.05, 0) is 42.0 Å². The Bertz CT molecular complexity index is 791. The number of carboxylic acid groups (broad SMARTS) is 1. The summed E-state index contributed by atoms with van der Waals surface area (Å²) < 4.78 is 11.2. The topological polar surface area (TPSA) is 116 Å². The van der Waals surface area contributed by atoms with Crippen molar-refractivity contribution in [1.82, 2.24) is 0 Å². The van der Waals surface area contributed by atoms with Crippen molar-refractivity contribution in [3.05, 3.63) is 42.0 Å². The maximum Gasteiger partial charge on any atom is 0.335 e. The van der Waals surface area contributed by atoms with Gasteiger partial charge in [-0.1, -0.05) is 12.1 Å². The molecule has 0 amide bonds. The molecule has 1 heterocycles. The molecule has 2 aromatic rings. The summed E-state index contributed by atoms with van der Waals surface area (Å²) in [5.41, 5.74) is 0.226. The number of hydrogen-bond acceptors (Lipinski definition) is 6. The first-order valence-corrected chi connectivity index (χ1v) is 8.46. The lowest BCUT2D eigenvalue weighted by Gasteiger charge is -2.39. The molecular formula is C19H22O7. The smallest absolute Gasteiger partial charge is 0.335 e. The van der Waals surface area contributed by atoms with Gasteiger partial charge in [0.05, 0.1) is 24.4 Å². The molecule has 5 atom stereocenters. The molecule has 0 bridgehead atoms. The molecule has 140 valence electrons. The van der Waals surface area contributed by atoms with E-state index in [4.69, 9.17) is 14.6 Å². The summed E-state index contributed by atoms with van der Waals surface area (Å²) in [5, 5.41) is 40.2. The Morgan fingerprint density at radius 3 is 2.46 bits per heavy atom. The molecule has 0 aromatic heterocycles. The highest BCUT2D eigenvalue weighted by Crippen LogP contribution is 2.25. The predicted molar refractivity (Wildman–Crippen MR) is 93.4 cm³/mol. The molecule has 3 rings (SSSR count). The highest BCUT2D eigenvalue weighted by molar-refractivity contribution is 5.94. The van der Waals surface area contributed by atoms with E-state index in [0.717, 1.165) is 10.8 Å². The Labute approximate surface area is 150 Å². The monoisotopic (exact) mass is 362 g/mol. The Morgan fingerprint density at radius 1 is 1.04 bits per heavy atom.